The van der Waals surface area contributed by atoms with E-state index in [1.807, 2.05) is 6.20 Å². The van der Waals surface area contributed by atoms with Crippen LogP contribution < -0.4 is 4.90 Å². The second kappa shape index (κ2) is 8.54. The van der Waals surface area contributed by atoms with Crippen molar-refractivity contribution in [3.8, 4) is 0 Å². The summed E-state index contributed by atoms with van der Waals surface area (Å²) in [5, 5.41) is 9.18. The van der Waals surface area contributed by atoms with Crippen molar-refractivity contribution in [2.45, 2.75) is 32.6 Å². The molecule has 1 aromatic carbocycles. The third-order valence-electron chi connectivity index (χ3n) is 3.97. The number of aliphatic hydroxyl groups is 1. The SMILES string of the molecule is CCCN(CCO)c1ccc(C(CC)c2ccccc2)cn1. The van der Waals surface area contributed by atoms with Gasteiger partial charge in [-0.15, -0.1) is 0 Å². The second-order valence-electron chi connectivity index (χ2n) is 5.53. The van der Waals surface area contributed by atoms with Crippen molar-refractivity contribution in [3.63, 3.8) is 0 Å². The molecule has 0 fully saturated rings. The summed E-state index contributed by atoms with van der Waals surface area (Å²) in [5.41, 5.74) is 2.58. The fourth-order valence-corrected chi connectivity index (χ4v) is 2.87. The van der Waals surface area contributed by atoms with E-state index < -0.39 is 0 Å². The van der Waals surface area contributed by atoms with Crippen LogP contribution in [0.4, 0.5) is 5.82 Å². The summed E-state index contributed by atoms with van der Waals surface area (Å²) < 4.78 is 0. The molecule has 0 aliphatic carbocycles. The molecule has 1 N–H and O–H groups in total. The quantitative estimate of drug-likeness (QED) is 0.804. The highest BCUT2D eigenvalue weighted by Gasteiger charge is 2.13. The Balaban J connectivity index is 2.19. The van der Waals surface area contributed by atoms with Gasteiger partial charge in [0.2, 0.25) is 0 Å². The third kappa shape index (κ3) is 4.08. The van der Waals surface area contributed by atoms with E-state index in [1.54, 1.807) is 0 Å². The van der Waals surface area contributed by atoms with Gasteiger partial charge in [-0.05, 0) is 30.0 Å². The summed E-state index contributed by atoms with van der Waals surface area (Å²) in [6.45, 7) is 6.06. The fourth-order valence-electron chi connectivity index (χ4n) is 2.87. The molecule has 118 valence electrons. The summed E-state index contributed by atoms with van der Waals surface area (Å²) in [4.78, 5) is 6.76. The van der Waals surface area contributed by atoms with Crippen molar-refractivity contribution < 1.29 is 5.11 Å². The van der Waals surface area contributed by atoms with E-state index in [0.717, 1.165) is 25.2 Å². The number of pyridine rings is 1. The lowest BCUT2D eigenvalue weighted by Crippen LogP contribution is -2.28. The van der Waals surface area contributed by atoms with Gasteiger partial charge in [-0.2, -0.15) is 0 Å². The van der Waals surface area contributed by atoms with Crippen LogP contribution in [0.3, 0.4) is 0 Å². The highest BCUT2D eigenvalue weighted by atomic mass is 16.3. The van der Waals surface area contributed by atoms with Crippen LogP contribution in [-0.4, -0.2) is 29.8 Å². The average Bonchev–Trinajstić information content (AvgIpc) is 2.57. The van der Waals surface area contributed by atoms with Crippen molar-refractivity contribution in [1.29, 1.82) is 0 Å². The predicted octanol–water partition coefficient (Wildman–Crippen LogP) is 3.83. The van der Waals surface area contributed by atoms with Gasteiger partial charge in [0.25, 0.3) is 0 Å². The van der Waals surface area contributed by atoms with E-state index in [-0.39, 0.29) is 6.61 Å². The predicted molar refractivity (Wildman–Crippen MR) is 92.4 cm³/mol. The number of aromatic nitrogens is 1. The monoisotopic (exact) mass is 298 g/mol. The normalized spacial score (nSPS) is 12.1. The summed E-state index contributed by atoms with van der Waals surface area (Å²) >= 11 is 0. The lowest BCUT2D eigenvalue weighted by Gasteiger charge is -2.23. The van der Waals surface area contributed by atoms with Crippen LogP contribution in [0, 0.1) is 0 Å². The summed E-state index contributed by atoms with van der Waals surface area (Å²) in [6, 6.07) is 14.8. The van der Waals surface area contributed by atoms with Gasteiger partial charge >= 0.3 is 0 Å². The highest BCUT2D eigenvalue weighted by molar-refractivity contribution is 5.41. The second-order valence-corrected chi connectivity index (χ2v) is 5.53. The number of benzene rings is 1. The van der Waals surface area contributed by atoms with E-state index in [9.17, 15) is 5.11 Å². The number of rotatable bonds is 8. The molecule has 0 aliphatic rings. The molecule has 22 heavy (non-hydrogen) atoms. The molecule has 3 heteroatoms. The van der Waals surface area contributed by atoms with Crippen LogP contribution in [0.25, 0.3) is 0 Å². The van der Waals surface area contributed by atoms with Gasteiger partial charge in [-0.25, -0.2) is 4.98 Å². The zero-order chi connectivity index (χ0) is 15.8. The van der Waals surface area contributed by atoms with E-state index in [0.29, 0.717) is 12.5 Å². The number of nitrogens with zero attached hydrogens (tertiary/aromatic N) is 2. The number of anilines is 1. The Bertz CT molecular complexity index is 533. The molecular weight excluding hydrogens is 272 g/mol. The lowest BCUT2D eigenvalue weighted by molar-refractivity contribution is 0.301. The minimum absolute atomic E-state index is 0.158. The Kier molecular flexibility index (Phi) is 6.41. The van der Waals surface area contributed by atoms with E-state index in [4.69, 9.17) is 0 Å². The van der Waals surface area contributed by atoms with Crippen LogP contribution in [-0.2, 0) is 0 Å². The molecule has 0 amide bonds. The van der Waals surface area contributed by atoms with Crippen molar-refractivity contribution in [1.82, 2.24) is 4.98 Å². The van der Waals surface area contributed by atoms with Gasteiger partial charge in [0.1, 0.15) is 5.82 Å². The first-order valence-electron chi connectivity index (χ1n) is 8.16. The van der Waals surface area contributed by atoms with Gasteiger partial charge in [0, 0.05) is 25.2 Å². The summed E-state index contributed by atoms with van der Waals surface area (Å²) in [7, 11) is 0. The van der Waals surface area contributed by atoms with Crippen LogP contribution in [0.2, 0.25) is 0 Å². The molecule has 0 bridgehead atoms. The molecule has 0 saturated carbocycles. The first-order chi connectivity index (χ1) is 10.8. The largest absolute Gasteiger partial charge is 0.395 e. The average molecular weight is 298 g/mol. The Morgan fingerprint density at radius 2 is 1.77 bits per heavy atom. The van der Waals surface area contributed by atoms with Crippen molar-refractivity contribution in [2.75, 3.05) is 24.6 Å². The molecule has 0 aliphatic heterocycles. The van der Waals surface area contributed by atoms with Crippen LogP contribution in [0.5, 0.6) is 0 Å². The maximum absolute atomic E-state index is 9.18. The van der Waals surface area contributed by atoms with Crippen molar-refractivity contribution in [3.05, 3.63) is 59.8 Å². The molecule has 1 heterocycles. The zero-order valence-electron chi connectivity index (χ0n) is 13.6. The first kappa shape index (κ1) is 16.5. The van der Waals surface area contributed by atoms with Crippen molar-refractivity contribution in [2.24, 2.45) is 0 Å². The summed E-state index contributed by atoms with van der Waals surface area (Å²) in [5.74, 6) is 1.34. The molecule has 1 atom stereocenters. The van der Waals surface area contributed by atoms with Gasteiger partial charge in [-0.1, -0.05) is 50.2 Å². The van der Waals surface area contributed by atoms with Crippen molar-refractivity contribution >= 4 is 5.82 Å². The van der Waals surface area contributed by atoms with Gasteiger partial charge < -0.3 is 10.0 Å². The van der Waals surface area contributed by atoms with Gasteiger partial charge in [-0.3, -0.25) is 0 Å². The minimum atomic E-state index is 0.158. The summed E-state index contributed by atoms with van der Waals surface area (Å²) in [6.07, 6.45) is 4.09. The maximum atomic E-state index is 9.18. The highest BCUT2D eigenvalue weighted by Crippen LogP contribution is 2.28. The zero-order valence-corrected chi connectivity index (χ0v) is 13.6. The number of aliphatic hydroxyl groups excluding tert-OH is 1. The minimum Gasteiger partial charge on any atom is -0.395 e. The fraction of sp³-hybridized carbons (Fsp3) is 0.421. The van der Waals surface area contributed by atoms with E-state index in [2.05, 4.69) is 66.2 Å². The standard InChI is InChI=1S/C19H26N2O/c1-3-12-21(13-14-22)19-11-10-17(15-20-19)18(4-2)16-8-6-5-7-9-16/h5-11,15,18,22H,3-4,12-14H2,1-2H3. The lowest BCUT2D eigenvalue weighted by atomic mass is 9.90. The van der Waals surface area contributed by atoms with Gasteiger partial charge in [0.15, 0.2) is 0 Å². The molecule has 2 aromatic rings. The molecule has 0 radical (unpaired) electrons. The van der Waals surface area contributed by atoms with Crippen LogP contribution in [0.1, 0.15) is 43.7 Å². The van der Waals surface area contributed by atoms with E-state index >= 15 is 0 Å². The molecule has 0 spiro atoms. The first-order valence-corrected chi connectivity index (χ1v) is 8.16. The van der Waals surface area contributed by atoms with Crippen LogP contribution in [0.15, 0.2) is 48.7 Å². The molecule has 2 rings (SSSR count). The topological polar surface area (TPSA) is 36.4 Å². The molecule has 0 saturated heterocycles. The van der Waals surface area contributed by atoms with Crippen LogP contribution >= 0.6 is 0 Å². The third-order valence-corrected chi connectivity index (χ3v) is 3.97. The van der Waals surface area contributed by atoms with Gasteiger partial charge in [0.05, 0.1) is 6.61 Å². The Hall–Kier alpha value is -1.87. The Morgan fingerprint density at radius 3 is 2.32 bits per heavy atom. The molecule has 3 nitrogen and oxygen atoms in total. The molecule has 1 unspecified atom stereocenters. The Morgan fingerprint density at radius 1 is 1.00 bits per heavy atom. The Labute approximate surface area is 133 Å². The van der Waals surface area contributed by atoms with E-state index in [1.165, 1.54) is 11.1 Å². The molecule has 1 aromatic heterocycles. The maximum Gasteiger partial charge on any atom is 0.128 e. The number of hydrogen-bond acceptors (Lipinski definition) is 3. The molecular formula is C19H26N2O. The number of hydrogen-bond donors (Lipinski definition) is 1. The smallest absolute Gasteiger partial charge is 0.128 e.